The lowest BCUT2D eigenvalue weighted by Crippen LogP contribution is -2.09. The molecule has 2 heterocycles. The van der Waals surface area contributed by atoms with Crippen LogP contribution in [0.5, 0.6) is 0 Å². The third kappa shape index (κ3) is 1.98. The zero-order chi connectivity index (χ0) is 10.8. The Bertz CT molecular complexity index is 476. The second kappa shape index (κ2) is 4.21. The van der Waals surface area contributed by atoms with Crippen LogP contribution in [0, 0.1) is 0 Å². The third-order valence-electron chi connectivity index (χ3n) is 2.52. The predicted octanol–water partition coefficient (Wildman–Crippen LogP) is 1.99. The van der Waals surface area contributed by atoms with Gasteiger partial charge in [0.05, 0.1) is 0 Å². The highest BCUT2D eigenvalue weighted by molar-refractivity contribution is 6.29. The Morgan fingerprint density at radius 1 is 1.47 bits per heavy atom. The molecule has 0 atom stereocenters. The van der Waals surface area contributed by atoms with Crippen molar-refractivity contribution in [2.75, 3.05) is 13.6 Å². The molecule has 2 rings (SSSR count). The molecule has 0 fully saturated rings. The van der Waals surface area contributed by atoms with Crippen LogP contribution in [0.3, 0.4) is 0 Å². The van der Waals surface area contributed by atoms with Crippen molar-refractivity contribution >= 4 is 22.6 Å². The topological polar surface area (TPSA) is 29.9 Å². The van der Waals surface area contributed by atoms with E-state index in [1.54, 1.807) is 0 Å². The molecule has 0 aliphatic heterocycles. The molecule has 2 aromatic rings. The minimum Gasteiger partial charge on any atom is -0.335 e. The van der Waals surface area contributed by atoms with Gasteiger partial charge in [-0.15, -0.1) is 0 Å². The van der Waals surface area contributed by atoms with Crippen LogP contribution in [0.25, 0.3) is 11.0 Å². The first-order chi connectivity index (χ1) is 7.22. The van der Waals surface area contributed by atoms with E-state index in [0.717, 1.165) is 18.6 Å². The van der Waals surface area contributed by atoms with E-state index in [1.165, 1.54) is 10.9 Å². The van der Waals surface area contributed by atoms with Gasteiger partial charge in [0.2, 0.25) is 0 Å². The van der Waals surface area contributed by atoms with Gasteiger partial charge in [-0.2, -0.15) is 0 Å². The number of fused-ring (bicyclic) bond motifs is 1. The number of halogens is 1. The van der Waals surface area contributed by atoms with E-state index in [1.807, 2.05) is 30.8 Å². The van der Waals surface area contributed by atoms with Gasteiger partial charge in [-0.25, -0.2) is 4.98 Å². The van der Waals surface area contributed by atoms with Crippen LogP contribution in [0.2, 0.25) is 5.15 Å². The minimum absolute atomic E-state index is 0.545. The van der Waals surface area contributed by atoms with E-state index in [4.69, 9.17) is 11.6 Å². The molecule has 15 heavy (non-hydrogen) atoms. The number of likely N-dealkylation sites (N-methyl/N-ethyl adjacent to an activating group) is 1. The SMILES string of the molecule is CNCCc1cn(C)c2nc(Cl)ccc12. The van der Waals surface area contributed by atoms with Gasteiger partial charge in [0.25, 0.3) is 0 Å². The normalized spacial score (nSPS) is 11.1. The lowest BCUT2D eigenvalue weighted by Gasteiger charge is -1.97. The summed E-state index contributed by atoms with van der Waals surface area (Å²) in [7, 11) is 3.95. The van der Waals surface area contributed by atoms with E-state index in [-0.39, 0.29) is 0 Å². The number of hydrogen-bond donors (Lipinski definition) is 1. The first-order valence-electron chi connectivity index (χ1n) is 4.97. The molecule has 0 aromatic carbocycles. The van der Waals surface area contributed by atoms with Gasteiger partial charge < -0.3 is 9.88 Å². The maximum Gasteiger partial charge on any atom is 0.141 e. The fourth-order valence-electron chi connectivity index (χ4n) is 1.77. The molecule has 0 saturated heterocycles. The molecule has 0 aliphatic rings. The second-order valence-electron chi connectivity index (χ2n) is 3.62. The molecule has 0 aliphatic carbocycles. The summed E-state index contributed by atoms with van der Waals surface area (Å²) in [5.74, 6) is 0. The molecule has 0 amide bonds. The summed E-state index contributed by atoms with van der Waals surface area (Å²) in [5, 5.41) is 4.88. The second-order valence-corrected chi connectivity index (χ2v) is 4.01. The molecule has 0 bridgehead atoms. The van der Waals surface area contributed by atoms with Gasteiger partial charge in [-0.3, -0.25) is 0 Å². The highest BCUT2D eigenvalue weighted by atomic mass is 35.5. The summed E-state index contributed by atoms with van der Waals surface area (Å²) in [5.41, 5.74) is 2.26. The Balaban J connectivity index is 2.48. The lowest BCUT2D eigenvalue weighted by molar-refractivity contribution is 0.791. The number of hydrogen-bond acceptors (Lipinski definition) is 2. The molecule has 3 nitrogen and oxygen atoms in total. The summed E-state index contributed by atoms with van der Waals surface area (Å²) in [6.07, 6.45) is 3.13. The number of rotatable bonds is 3. The van der Waals surface area contributed by atoms with Crippen LogP contribution in [0.1, 0.15) is 5.56 Å². The van der Waals surface area contributed by atoms with Crippen molar-refractivity contribution in [1.29, 1.82) is 0 Å². The number of nitrogens with zero attached hydrogens (tertiary/aromatic N) is 2. The Morgan fingerprint density at radius 3 is 3.00 bits per heavy atom. The van der Waals surface area contributed by atoms with E-state index in [9.17, 15) is 0 Å². The monoisotopic (exact) mass is 223 g/mol. The van der Waals surface area contributed by atoms with Crippen molar-refractivity contribution in [3.8, 4) is 0 Å². The van der Waals surface area contributed by atoms with Gasteiger partial charge in [0.1, 0.15) is 10.8 Å². The highest BCUT2D eigenvalue weighted by Gasteiger charge is 2.07. The van der Waals surface area contributed by atoms with Crippen LogP contribution in [-0.2, 0) is 13.5 Å². The summed E-state index contributed by atoms with van der Waals surface area (Å²) in [4.78, 5) is 4.31. The van der Waals surface area contributed by atoms with E-state index in [2.05, 4.69) is 16.5 Å². The van der Waals surface area contributed by atoms with Crippen molar-refractivity contribution in [3.63, 3.8) is 0 Å². The zero-order valence-corrected chi connectivity index (χ0v) is 9.67. The number of nitrogens with one attached hydrogen (secondary N) is 1. The van der Waals surface area contributed by atoms with E-state index in [0.29, 0.717) is 5.15 Å². The minimum atomic E-state index is 0.545. The Labute approximate surface area is 94.1 Å². The van der Waals surface area contributed by atoms with Crippen LogP contribution >= 0.6 is 11.6 Å². The van der Waals surface area contributed by atoms with Crippen molar-refractivity contribution in [2.24, 2.45) is 7.05 Å². The van der Waals surface area contributed by atoms with Gasteiger partial charge in [-0.05, 0) is 37.7 Å². The van der Waals surface area contributed by atoms with Gasteiger partial charge >= 0.3 is 0 Å². The molecule has 0 radical (unpaired) electrons. The Kier molecular flexibility index (Phi) is 2.93. The average Bonchev–Trinajstić information content (AvgIpc) is 2.53. The summed E-state index contributed by atoms with van der Waals surface area (Å²) >= 11 is 5.87. The number of pyridine rings is 1. The average molecular weight is 224 g/mol. The van der Waals surface area contributed by atoms with Crippen LogP contribution in [0.4, 0.5) is 0 Å². The molecule has 2 aromatic heterocycles. The summed E-state index contributed by atoms with van der Waals surface area (Å²) in [6, 6.07) is 3.88. The predicted molar refractivity (Wildman–Crippen MR) is 63.4 cm³/mol. The first-order valence-corrected chi connectivity index (χ1v) is 5.35. The Morgan fingerprint density at radius 2 is 2.27 bits per heavy atom. The van der Waals surface area contributed by atoms with E-state index >= 15 is 0 Å². The van der Waals surface area contributed by atoms with Crippen molar-refractivity contribution in [3.05, 3.63) is 29.0 Å². The van der Waals surface area contributed by atoms with Gasteiger partial charge in [0.15, 0.2) is 0 Å². The summed E-state index contributed by atoms with van der Waals surface area (Å²) < 4.78 is 2.02. The van der Waals surface area contributed by atoms with Crippen molar-refractivity contribution in [2.45, 2.75) is 6.42 Å². The molecule has 0 spiro atoms. The van der Waals surface area contributed by atoms with E-state index < -0.39 is 0 Å². The Hall–Kier alpha value is -1.06. The highest BCUT2D eigenvalue weighted by Crippen LogP contribution is 2.21. The van der Waals surface area contributed by atoms with Gasteiger partial charge in [-0.1, -0.05) is 11.6 Å². The molecular weight excluding hydrogens is 210 g/mol. The fourth-order valence-corrected chi connectivity index (χ4v) is 1.91. The molecule has 4 heteroatoms. The zero-order valence-electron chi connectivity index (χ0n) is 8.92. The quantitative estimate of drug-likeness (QED) is 0.807. The smallest absolute Gasteiger partial charge is 0.141 e. The van der Waals surface area contributed by atoms with Crippen molar-refractivity contribution in [1.82, 2.24) is 14.9 Å². The molecular formula is C11H14ClN3. The van der Waals surface area contributed by atoms with Gasteiger partial charge in [0, 0.05) is 18.6 Å². The number of aryl methyl sites for hydroxylation is 1. The largest absolute Gasteiger partial charge is 0.335 e. The number of aromatic nitrogens is 2. The van der Waals surface area contributed by atoms with Crippen molar-refractivity contribution < 1.29 is 0 Å². The molecule has 1 N–H and O–H groups in total. The summed E-state index contributed by atoms with van der Waals surface area (Å²) in [6.45, 7) is 0.974. The van der Waals surface area contributed by atoms with Crippen LogP contribution in [0.15, 0.2) is 18.3 Å². The fraction of sp³-hybridized carbons (Fsp3) is 0.364. The third-order valence-corrected chi connectivity index (χ3v) is 2.73. The first kappa shape index (κ1) is 10.5. The maximum absolute atomic E-state index is 5.87. The maximum atomic E-state index is 5.87. The molecule has 80 valence electrons. The van der Waals surface area contributed by atoms with Crippen LogP contribution < -0.4 is 5.32 Å². The standard InChI is InChI=1S/C11H14ClN3/c1-13-6-5-8-7-15(2)11-9(8)3-4-10(12)14-11/h3-4,7,13H,5-6H2,1-2H3. The van der Waals surface area contributed by atoms with Crippen LogP contribution in [-0.4, -0.2) is 23.1 Å². The lowest BCUT2D eigenvalue weighted by atomic mass is 10.1. The molecule has 0 saturated carbocycles. The molecule has 0 unspecified atom stereocenters.